The zero-order valence-electron chi connectivity index (χ0n) is 12.1. The van der Waals surface area contributed by atoms with Gasteiger partial charge in [0.05, 0.1) is 12.2 Å². The van der Waals surface area contributed by atoms with Crippen molar-refractivity contribution in [3.05, 3.63) is 35.9 Å². The predicted octanol–water partition coefficient (Wildman–Crippen LogP) is 3.36. The topological polar surface area (TPSA) is 52.6 Å². The molecule has 20 heavy (non-hydrogen) atoms. The molecular formula is C16H22O4. The van der Waals surface area contributed by atoms with Gasteiger partial charge >= 0.3 is 11.9 Å². The zero-order valence-corrected chi connectivity index (χ0v) is 12.1. The number of ether oxygens (including phenoxy) is 2. The highest BCUT2D eigenvalue weighted by Gasteiger charge is 2.24. The van der Waals surface area contributed by atoms with Gasteiger partial charge in [-0.25, -0.2) is 9.59 Å². The summed E-state index contributed by atoms with van der Waals surface area (Å²) in [6.07, 6.45) is 2.18. The molecule has 1 atom stereocenters. The molecule has 0 N–H and O–H groups in total. The van der Waals surface area contributed by atoms with E-state index in [0.717, 1.165) is 19.3 Å². The van der Waals surface area contributed by atoms with Crippen molar-refractivity contribution in [2.24, 2.45) is 0 Å². The summed E-state index contributed by atoms with van der Waals surface area (Å²) in [4.78, 5) is 23.8. The monoisotopic (exact) mass is 278 g/mol. The van der Waals surface area contributed by atoms with Crippen LogP contribution in [-0.4, -0.2) is 24.6 Å². The van der Waals surface area contributed by atoms with Crippen molar-refractivity contribution in [2.45, 2.75) is 45.6 Å². The molecule has 0 bridgehead atoms. The second-order valence-electron chi connectivity index (χ2n) is 4.57. The van der Waals surface area contributed by atoms with E-state index in [4.69, 9.17) is 9.47 Å². The fourth-order valence-electron chi connectivity index (χ4n) is 1.67. The van der Waals surface area contributed by atoms with Crippen molar-refractivity contribution in [3.8, 4) is 0 Å². The number of hydrogen-bond acceptors (Lipinski definition) is 4. The average Bonchev–Trinajstić information content (AvgIpc) is 2.47. The fourth-order valence-corrected chi connectivity index (χ4v) is 1.67. The van der Waals surface area contributed by atoms with Gasteiger partial charge in [-0.3, -0.25) is 0 Å². The molecule has 0 aliphatic heterocycles. The van der Waals surface area contributed by atoms with Gasteiger partial charge in [0.2, 0.25) is 0 Å². The predicted molar refractivity (Wildman–Crippen MR) is 76.4 cm³/mol. The lowest BCUT2D eigenvalue weighted by Gasteiger charge is -2.16. The van der Waals surface area contributed by atoms with Crippen LogP contribution >= 0.6 is 0 Å². The van der Waals surface area contributed by atoms with E-state index in [0.29, 0.717) is 18.6 Å². The van der Waals surface area contributed by atoms with Crippen LogP contribution in [0, 0.1) is 0 Å². The molecule has 4 nitrogen and oxygen atoms in total. The van der Waals surface area contributed by atoms with Gasteiger partial charge in [0.15, 0.2) is 6.10 Å². The molecule has 0 amide bonds. The molecule has 0 saturated carbocycles. The number of unbranched alkanes of at least 4 members (excludes halogenated alkanes) is 1. The minimum Gasteiger partial charge on any atom is -0.463 e. The number of carbonyl (C=O) groups is 2. The van der Waals surface area contributed by atoms with Crippen LogP contribution in [0.25, 0.3) is 0 Å². The molecule has 1 aromatic rings. The van der Waals surface area contributed by atoms with Crippen LogP contribution in [0.5, 0.6) is 0 Å². The molecule has 0 fully saturated rings. The van der Waals surface area contributed by atoms with Gasteiger partial charge in [0.1, 0.15) is 0 Å². The van der Waals surface area contributed by atoms with Crippen molar-refractivity contribution in [1.82, 2.24) is 0 Å². The van der Waals surface area contributed by atoms with E-state index in [1.165, 1.54) is 0 Å². The van der Waals surface area contributed by atoms with Crippen LogP contribution in [0.15, 0.2) is 30.3 Å². The van der Waals surface area contributed by atoms with E-state index in [2.05, 4.69) is 0 Å². The highest BCUT2D eigenvalue weighted by atomic mass is 16.6. The first kappa shape index (κ1) is 16.2. The van der Waals surface area contributed by atoms with Crippen LogP contribution in [-0.2, 0) is 14.3 Å². The minimum atomic E-state index is -0.815. The lowest BCUT2D eigenvalue weighted by Crippen LogP contribution is -2.29. The Labute approximate surface area is 120 Å². The number of hydrogen-bond donors (Lipinski definition) is 0. The Morgan fingerprint density at radius 1 is 1.10 bits per heavy atom. The largest absolute Gasteiger partial charge is 0.463 e. The summed E-state index contributed by atoms with van der Waals surface area (Å²) in [5, 5.41) is 0. The molecule has 4 heteroatoms. The van der Waals surface area contributed by atoms with Crippen LogP contribution in [0.4, 0.5) is 0 Å². The summed E-state index contributed by atoms with van der Waals surface area (Å²) in [6, 6.07) is 8.65. The molecule has 1 unspecified atom stereocenters. The molecule has 0 heterocycles. The molecule has 1 aromatic carbocycles. The van der Waals surface area contributed by atoms with Crippen molar-refractivity contribution in [3.63, 3.8) is 0 Å². The van der Waals surface area contributed by atoms with Crippen molar-refractivity contribution < 1.29 is 19.1 Å². The van der Waals surface area contributed by atoms with E-state index >= 15 is 0 Å². The number of carbonyl (C=O) groups excluding carboxylic acids is 2. The van der Waals surface area contributed by atoms with Gasteiger partial charge < -0.3 is 9.47 Å². The first-order chi connectivity index (χ1) is 9.69. The molecule has 1 rings (SSSR count). The summed E-state index contributed by atoms with van der Waals surface area (Å²) < 4.78 is 10.4. The molecule has 0 radical (unpaired) electrons. The maximum Gasteiger partial charge on any atom is 0.347 e. The Kier molecular flexibility index (Phi) is 7.40. The van der Waals surface area contributed by atoms with Gasteiger partial charge in [-0.05, 0) is 25.0 Å². The van der Waals surface area contributed by atoms with E-state index < -0.39 is 18.0 Å². The third-order valence-electron chi connectivity index (χ3n) is 2.81. The summed E-state index contributed by atoms with van der Waals surface area (Å²) in [5.41, 5.74) is 0.440. The van der Waals surface area contributed by atoms with Crippen LogP contribution < -0.4 is 0 Å². The SMILES string of the molecule is CCCCOC(=O)C(CCC)OC(=O)c1ccccc1. The van der Waals surface area contributed by atoms with E-state index in [-0.39, 0.29) is 0 Å². The summed E-state index contributed by atoms with van der Waals surface area (Å²) >= 11 is 0. The van der Waals surface area contributed by atoms with E-state index in [1.807, 2.05) is 19.9 Å². The number of esters is 2. The summed E-state index contributed by atoms with van der Waals surface area (Å²) in [5.74, 6) is -0.943. The van der Waals surface area contributed by atoms with Gasteiger partial charge in [-0.15, -0.1) is 0 Å². The van der Waals surface area contributed by atoms with Crippen LogP contribution in [0.2, 0.25) is 0 Å². The lowest BCUT2D eigenvalue weighted by atomic mass is 10.2. The standard InChI is InChI=1S/C16H22O4/c1-3-5-12-19-16(18)14(9-4-2)20-15(17)13-10-7-6-8-11-13/h6-8,10-11,14H,3-5,9,12H2,1-2H3. The second kappa shape index (κ2) is 9.13. The third kappa shape index (κ3) is 5.43. The second-order valence-corrected chi connectivity index (χ2v) is 4.57. The highest BCUT2D eigenvalue weighted by molar-refractivity contribution is 5.91. The van der Waals surface area contributed by atoms with Crippen molar-refractivity contribution in [1.29, 1.82) is 0 Å². The first-order valence-electron chi connectivity index (χ1n) is 7.11. The Hall–Kier alpha value is -1.84. The number of benzene rings is 1. The molecule has 0 aliphatic rings. The Morgan fingerprint density at radius 2 is 1.80 bits per heavy atom. The van der Waals surface area contributed by atoms with Crippen molar-refractivity contribution in [2.75, 3.05) is 6.61 Å². The minimum absolute atomic E-state index is 0.373. The number of rotatable bonds is 8. The van der Waals surface area contributed by atoms with Crippen molar-refractivity contribution >= 4 is 11.9 Å². The summed E-state index contributed by atoms with van der Waals surface area (Å²) in [7, 11) is 0. The molecule has 0 saturated heterocycles. The third-order valence-corrected chi connectivity index (χ3v) is 2.81. The van der Waals surface area contributed by atoms with Gasteiger partial charge in [-0.1, -0.05) is 44.9 Å². The normalized spacial score (nSPS) is 11.7. The maximum absolute atomic E-state index is 11.9. The van der Waals surface area contributed by atoms with Gasteiger partial charge in [0.25, 0.3) is 0 Å². The average molecular weight is 278 g/mol. The smallest absolute Gasteiger partial charge is 0.347 e. The fraction of sp³-hybridized carbons (Fsp3) is 0.500. The maximum atomic E-state index is 11.9. The van der Waals surface area contributed by atoms with Crippen LogP contribution in [0.3, 0.4) is 0 Å². The molecule has 110 valence electrons. The van der Waals surface area contributed by atoms with Gasteiger partial charge in [-0.2, -0.15) is 0 Å². The van der Waals surface area contributed by atoms with Crippen LogP contribution in [0.1, 0.15) is 49.9 Å². The Balaban J connectivity index is 2.57. The first-order valence-corrected chi connectivity index (χ1v) is 7.11. The molecule has 0 spiro atoms. The Morgan fingerprint density at radius 3 is 2.40 bits per heavy atom. The van der Waals surface area contributed by atoms with Gasteiger partial charge in [0, 0.05) is 0 Å². The van der Waals surface area contributed by atoms with E-state index in [1.54, 1.807) is 24.3 Å². The lowest BCUT2D eigenvalue weighted by molar-refractivity contribution is -0.154. The zero-order chi connectivity index (χ0) is 14.8. The molecule has 0 aliphatic carbocycles. The molecular weight excluding hydrogens is 256 g/mol. The quantitative estimate of drug-likeness (QED) is 0.540. The van der Waals surface area contributed by atoms with E-state index in [9.17, 15) is 9.59 Å². The highest BCUT2D eigenvalue weighted by Crippen LogP contribution is 2.10. The summed E-state index contributed by atoms with van der Waals surface area (Å²) in [6.45, 7) is 4.33. The Bertz CT molecular complexity index is 414. The molecule has 0 aromatic heterocycles.